The molecule has 134 valence electrons. The van der Waals surface area contributed by atoms with Crippen molar-refractivity contribution in [3.63, 3.8) is 0 Å². The van der Waals surface area contributed by atoms with Gasteiger partial charge in [-0.15, -0.1) is 0 Å². The molecule has 0 aromatic heterocycles. The van der Waals surface area contributed by atoms with Crippen LogP contribution in [0, 0.1) is 21.4 Å². The quantitative estimate of drug-likeness (QED) is 0.497. The van der Waals surface area contributed by atoms with E-state index in [1.807, 2.05) is 71.7 Å². The van der Waals surface area contributed by atoms with E-state index in [0.717, 1.165) is 11.1 Å². The molecule has 0 aliphatic rings. The maximum atomic E-state index is 11.0. The molecule has 0 atom stereocenters. The van der Waals surface area contributed by atoms with E-state index in [0.29, 0.717) is 18.8 Å². The van der Waals surface area contributed by atoms with Crippen molar-refractivity contribution in [3.05, 3.63) is 106 Å². The molecule has 3 aromatic rings. The van der Waals surface area contributed by atoms with Crippen molar-refractivity contribution in [3.8, 4) is 6.07 Å². The van der Waals surface area contributed by atoms with E-state index in [9.17, 15) is 15.4 Å². The van der Waals surface area contributed by atoms with Crippen molar-refractivity contribution in [1.29, 1.82) is 5.26 Å². The molecule has 0 heterocycles. The van der Waals surface area contributed by atoms with Crippen LogP contribution in [0.15, 0.2) is 78.9 Å². The maximum Gasteiger partial charge on any atom is 0.270 e. The van der Waals surface area contributed by atoms with Gasteiger partial charge in [-0.25, -0.2) is 5.01 Å². The second-order valence-electron chi connectivity index (χ2n) is 6.04. The van der Waals surface area contributed by atoms with Crippen LogP contribution in [-0.4, -0.2) is 9.93 Å². The standard InChI is InChI=1S/C21H18N4O2/c22-14-19-13-20(25(26)27)11-12-21(19)23-24(15-17-7-3-1-4-8-17)16-18-9-5-2-6-10-18/h1-13,23H,15-16H2. The monoisotopic (exact) mass is 358 g/mol. The summed E-state index contributed by atoms with van der Waals surface area (Å²) in [5.74, 6) is 0. The van der Waals surface area contributed by atoms with Crippen molar-refractivity contribution in [2.24, 2.45) is 0 Å². The average Bonchev–Trinajstić information content (AvgIpc) is 2.69. The van der Waals surface area contributed by atoms with Crippen LogP contribution in [0.5, 0.6) is 0 Å². The third kappa shape index (κ3) is 4.91. The lowest BCUT2D eigenvalue weighted by Gasteiger charge is -2.25. The molecule has 1 N–H and O–H groups in total. The van der Waals surface area contributed by atoms with Gasteiger partial charge in [0.2, 0.25) is 0 Å². The molecule has 0 amide bonds. The Hall–Kier alpha value is -3.69. The van der Waals surface area contributed by atoms with Crippen LogP contribution >= 0.6 is 0 Å². The molecule has 3 rings (SSSR count). The Morgan fingerprint density at radius 1 is 0.926 bits per heavy atom. The Morgan fingerprint density at radius 2 is 1.48 bits per heavy atom. The Morgan fingerprint density at radius 3 is 1.96 bits per heavy atom. The minimum Gasteiger partial charge on any atom is -0.317 e. The highest BCUT2D eigenvalue weighted by Gasteiger charge is 2.14. The zero-order chi connectivity index (χ0) is 19.1. The number of hydrazine groups is 1. The number of nitrogens with zero attached hydrogens (tertiary/aromatic N) is 3. The number of hydrogen-bond donors (Lipinski definition) is 1. The second kappa shape index (κ2) is 8.61. The Bertz CT molecular complexity index is 911. The molecular weight excluding hydrogens is 340 g/mol. The number of anilines is 1. The Kier molecular flexibility index (Phi) is 5.77. The zero-order valence-corrected chi connectivity index (χ0v) is 14.6. The number of nitrogens with one attached hydrogen (secondary N) is 1. The Labute approximate surface area is 157 Å². The van der Waals surface area contributed by atoms with Crippen LogP contribution in [0.3, 0.4) is 0 Å². The molecule has 27 heavy (non-hydrogen) atoms. The summed E-state index contributed by atoms with van der Waals surface area (Å²) in [5.41, 5.74) is 6.14. The van der Waals surface area contributed by atoms with Crippen molar-refractivity contribution >= 4 is 11.4 Å². The molecule has 3 aromatic carbocycles. The summed E-state index contributed by atoms with van der Waals surface area (Å²) >= 11 is 0. The van der Waals surface area contributed by atoms with Gasteiger partial charge < -0.3 is 5.43 Å². The number of benzene rings is 3. The molecular formula is C21H18N4O2. The fourth-order valence-corrected chi connectivity index (χ4v) is 2.75. The van der Waals surface area contributed by atoms with E-state index in [4.69, 9.17) is 0 Å². The van der Waals surface area contributed by atoms with Crippen LogP contribution < -0.4 is 5.43 Å². The minimum absolute atomic E-state index is 0.102. The summed E-state index contributed by atoms with van der Waals surface area (Å²) in [7, 11) is 0. The van der Waals surface area contributed by atoms with Gasteiger partial charge in [-0.05, 0) is 17.2 Å². The number of nitriles is 1. The molecule has 0 saturated carbocycles. The number of hydrogen-bond acceptors (Lipinski definition) is 5. The van der Waals surface area contributed by atoms with E-state index >= 15 is 0 Å². The maximum absolute atomic E-state index is 11.0. The summed E-state index contributed by atoms with van der Waals surface area (Å²) in [4.78, 5) is 10.4. The highest BCUT2D eigenvalue weighted by atomic mass is 16.6. The topological polar surface area (TPSA) is 82.2 Å². The predicted molar refractivity (Wildman–Crippen MR) is 104 cm³/mol. The van der Waals surface area contributed by atoms with Gasteiger partial charge in [0, 0.05) is 25.2 Å². The van der Waals surface area contributed by atoms with Gasteiger partial charge in [0.1, 0.15) is 6.07 Å². The lowest BCUT2D eigenvalue weighted by molar-refractivity contribution is -0.384. The van der Waals surface area contributed by atoms with Crippen molar-refractivity contribution in [1.82, 2.24) is 5.01 Å². The van der Waals surface area contributed by atoms with Crippen LogP contribution in [0.1, 0.15) is 16.7 Å². The van der Waals surface area contributed by atoms with Gasteiger partial charge >= 0.3 is 0 Å². The third-order valence-corrected chi connectivity index (χ3v) is 4.05. The first-order valence-electron chi connectivity index (χ1n) is 8.43. The normalized spacial score (nSPS) is 10.4. The Balaban J connectivity index is 1.86. The first-order valence-corrected chi connectivity index (χ1v) is 8.43. The van der Waals surface area contributed by atoms with Gasteiger partial charge in [0.05, 0.1) is 16.2 Å². The van der Waals surface area contributed by atoms with E-state index in [1.54, 1.807) is 6.07 Å². The molecule has 6 heteroatoms. The average molecular weight is 358 g/mol. The smallest absolute Gasteiger partial charge is 0.270 e. The van der Waals surface area contributed by atoms with Crippen molar-refractivity contribution in [2.45, 2.75) is 13.1 Å². The first kappa shape index (κ1) is 18.1. The molecule has 0 saturated heterocycles. The van der Waals surface area contributed by atoms with Gasteiger partial charge in [0.25, 0.3) is 5.69 Å². The largest absolute Gasteiger partial charge is 0.317 e. The molecule has 0 unspecified atom stereocenters. The number of nitro benzene ring substituents is 1. The predicted octanol–water partition coefficient (Wildman–Crippen LogP) is 4.50. The zero-order valence-electron chi connectivity index (χ0n) is 14.6. The lowest BCUT2D eigenvalue weighted by Crippen LogP contribution is -2.29. The SMILES string of the molecule is N#Cc1cc([N+](=O)[O-])ccc1NN(Cc1ccccc1)Cc1ccccc1. The molecule has 0 aliphatic carbocycles. The molecule has 0 fully saturated rings. The summed E-state index contributed by atoms with van der Waals surface area (Å²) < 4.78 is 0. The van der Waals surface area contributed by atoms with Crippen LogP contribution in [-0.2, 0) is 13.1 Å². The summed E-state index contributed by atoms with van der Waals surface area (Å²) in [6.45, 7) is 1.22. The summed E-state index contributed by atoms with van der Waals surface area (Å²) in [6, 6.07) is 26.2. The number of nitro groups is 1. The number of rotatable bonds is 7. The van der Waals surface area contributed by atoms with Gasteiger partial charge in [-0.1, -0.05) is 60.7 Å². The first-order chi connectivity index (χ1) is 13.2. The van der Waals surface area contributed by atoms with Crippen LogP contribution in [0.4, 0.5) is 11.4 Å². The van der Waals surface area contributed by atoms with E-state index in [1.165, 1.54) is 12.1 Å². The van der Waals surface area contributed by atoms with Crippen molar-refractivity contribution in [2.75, 3.05) is 5.43 Å². The van der Waals surface area contributed by atoms with E-state index in [-0.39, 0.29) is 11.3 Å². The highest BCUT2D eigenvalue weighted by molar-refractivity contribution is 5.60. The second-order valence-corrected chi connectivity index (χ2v) is 6.04. The fraction of sp³-hybridized carbons (Fsp3) is 0.0952. The minimum atomic E-state index is -0.504. The summed E-state index contributed by atoms with van der Waals surface area (Å²) in [5, 5.41) is 22.3. The highest BCUT2D eigenvalue weighted by Crippen LogP contribution is 2.23. The molecule has 0 spiro atoms. The van der Waals surface area contributed by atoms with Gasteiger partial charge in [0.15, 0.2) is 0 Å². The fourth-order valence-electron chi connectivity index (χ4n) is 2.75. The molecule has 0 radical (unpaired) electrons. The summed E-state index contributed by atoms with van der Waals surface area (Å²) in [6.07, 6.45) is 0. The molecule has 0 bridgehead atoms. The molecule has 0 aliphatic heterocycles. The van der Waals surface area contributed by atoms with E-state index < -0.39 is 4.92 Å². The van der Waals surface area contributed by atoms with Crippen LogP contribution in [0.2, 0.25) is 0 Å². The lowest BCUT2D eigenvalue weighted by atomic mass is 10.1. The molecule has 6 nitrogen and oxygen atoms in total. The van der Waals surface area contributed by atoms with E-state index in [2.05, 4.69) is 5.43 Å². The van der Waals surface area contributed by atoms with Crippen LogP contribution in [0.25, 0.3) is 0 Å². The van der Waals surface area contributed by atoms with Gasteiger partial charge in [-0.3, -0.25) is 10.1 Å². The van der Waals surface area contributed by atoms with Gasteiger partial charge in [-0.2, -0.15) is 5.26 Å². The number of non-ortho nitro benzene ring substituents is 1. The third-order valence-electron chi connectivity index (χ3n) is 4.05. The van der Waals surface area contributed by atoms with Crippen molar-refractivity contribution < 1.29 is 4.92 Å².